The lowest BCUT2D eigenvalue weighted by Gasteiger charge is -2.11. The van der Waals surface area contributed by atoms with Gasteiger partial charge in [0.1, 0.15) is 0 Å². The van der Waals surface area contributed by atoms with Crippen molar-refractivity contribution in [3.05, 3.63) is 0 Å². The van der Waals surface area contributed by atoms with E-state index in [9.17, 15) is 0 Å². The maximum absolute atomic E-state index is 5.02. The Morgan fingerprint density at radius 1 is 1.28 bits per heavy atom. The first-order valence-electron chi connectivity index (χ1n) is 7.38. The Labute approximate surface area is 112 Å². The zero-order valence-electron chi connectivity index (χ0n) is 12.0. The van der Waals surface area contributed by atoms with E-state index in [4.69, 9.17) is 4.74 Å². The van der Waals surface area contributed by atoms with E-state index in [1.54, 1.807) is 7.11 Å². The van der Waals surface area contributed by atoms with Crippen LogP contribution in [-0.2, 0) is 4.74 Å². The Hall–Kier alpha value is -0.770. The molecule has 4 nitrogen and oxygen atoms in total. The fourth-order valence-corrected chi connectivity index (χ4v) is 2.48. The third kappa shape index (κ3) is 6.84. The Kier molecular flexibility index (Phi) is 8.65. The highest BCUT2D eigenvalue weighted by atomic mass is 16.5. The quantitative estimate of drug-likeness (QED) is 0.397. The average molecular weight is 255 g/mol. The molecule has 0 amide bonds. The minimum atomic E-state index is 0.715. The van der Waals surface area contributed by atoms with Gasteiger partial charge >= 0.3 is 0 Å². The normalized spacial score (nSPS) is 17.1. The van der Waals surface area contributed by atoms with E-state index < -0.39 is 0 Å². The van der Waals surface area contributed by atoms with E-state index in [0.717, 1.165) is 31.5 Å². The minimum Gasteiger partial charge on any atom is -0.383 e. The van der Waals surface area contributed by atoms with Gasteiger partial charge in [-0.3, -0.25) is 4.99 Å². The van der Waals surface area contributed by atoms with Gasteiger partial charge in [-0.15, -0.1) is 0 Å². The van der Waals surface area contributed by atoms with E-state index in [1.807, 2.05) is 0 Å². The molecule has 0 saturated heterocycles. The molecule has 0 atom stereocenters. The predicted molar refractivity (Wildman–Crippen MR) is 77.0 cm³/mol. The zero-order valence-corrected chi connectivity index (χ0v) is 12.0. The molecule has 0 aromatic rings. The first kappa shape index (κ1) is 15.3. The Bertz CT molecular complexity index is 225. The summed E-state index contributed by atoms with van der Waals surface area (Å²) in [4.78, 5) is 4.59. The number of aliphatic imine (C=N–C) groups is 1. The molecule has 1 aliphatic carbocycles. The van der Waals surface area contributed by atoms with Crippen molar-refractivity contribution in [2.45, 2.75) is 45.4 Å². The molecule has 1 aliphatic rings. The maximum Gasteiger partial charge on any atom is 0.191 e. The van der Waals surface area contributed by atoms with Crippen molar-refractivity contribution in [3.63, 3.8) is 0 Å². The average Bonchev–Trinajstić information content (AvgIpc) is 2.88. The first-order chi connectivity index (χ1) is 8.86. The summed E-state index contributed by atoms with van der Waals surface area (Å²) in [5.41, 5.74) is 0. The van der Waals surface area contributed by atoms with Gasteiger partial charge in [-0.05, 0) is 25.7 Å². The van der Waals surface area contributed by atoms with Crippen LogP contribution in [0.2, 0.25) is 0 Å². The smallest absolute Gasteiger partial charge is 0.191 e. The molecule has 0 radical (unpaired) electrons. The van der Waals surface area contributed by atoms with Crippen LogP contribution in [0.5, 0.6) is 0 Å². The first-order valence-corrected chi connectivity index (χ1v) is 7.38. The van der Waals surface area contributed by atoms with Crippen molar-refractivity contribution in [2.75, 3.05) is 33.4 Å². The van der Waals surface area contributed by atoms with E-state index in [-0.39, 0.29) is 0 Å². The lowest BCUT2D eigenvalue weighted by molar-refractivity contribution is 0.203. The van der Waals surface area contributed by atoms with Gasteiger partial charge < -0.3 is 15.4 Å². The van der Waals surface area contributed by atoms with E-state index in [0.29, 0.717) is 6.61 Å². The highest BCUT2D eigenvalue weighted by molar-refractivity contribution is 5.79. The summed E-state index contributed by atoms with van der Waals surface area (Å²) in [7, 11) is 1.72. The molecular weight excluding hydrogens is 226 g/mol. The molecule has 0 aromatic carbocycles. The molecule has 1 rings (SSSR count). The van der Waals surface area contributed by atoms with Crippen LogP contribution in [0.4, 0.5) is 0 Å². The van der Waals surface area contributed by atoms with Crippen LogP contribution in [0.25, 0.3) is 0 Å². The van der Waals surface area contributed by atoms with Gasteiger partial charge in [-0.1, -0.05) is 25.7 Å². The summed E-state index contributed by atoms with van der Waals surface area (Å²) in [6, 6.07) is 0. The summed E-state index contributed by atoms with van der Waals surface area (Å²) in [5, 5.41) is 6.52. The second-order valence-electron chi connectivity index (χ2n) is 4.97. The van der Waals surface area contributed by atoms with Gasteiger partial charge in [-0.2, -0.15) is 0 Å². The topological polar surface area (TPSA) is 45.7 Å². The summed E-state index contributed by atoms with van der Waals surface area (Å²) in [6.45, 7) is 5.45. The molecule has 18 heavy (non-hydrogen) atoms. The number of methoxy groups -OCH3 is 1. The fourth-order valence-electron chi connectivity index (χ4n) is 2.48. The van der Waals surface area contributed by atoms with Crippen LogP contribution in [0.3, 0.4) is 0 Å². The lowest BCUT2D eigenvalue weighted by atomic mass is 10.0. The van der Waals surface area contributed by atoms with Crippen molar-refractivity contribution >= 4 is 5.96 Å². The highest BCUT2D eigenvalue weighted by Gasteiger charge is 2.13. The standard InChI is InChI=1S/C14H29N3O/c1-3-15-14(17-11-12-18-2)16-10-6-9-13-7-4-5-8-13/h13H,3-12H2,1-2H3,(H2,15,16,17). The van der Waals surface area contributed by atoms with Gasteiger partial charge in [0.05, 0.1) is 6.61 Å². The maximum atomic E-state index is 5.02. The van der Waals surface area contributed by atoms with Gasteiger partial charge in [0.2, 0.25) is 0 Å². The third-order valence-electron chi connectivity index (χ3n) is 3.46. The van der Waals surface area contributed by atoms with Crippen molar-refractivity contribution in [3.8, 4) is 0 Å². The lowest BCUT2D eigenvalue weighted by Crippen LogP contribution is -2.39. The van der Waals surface area contributed by atoms with Crippen molar-refractivity contribution in [2.24, 2.45) is 10.9 Å². The van der Waals surface area contributed by atoms with Crippen molar-refractivity contribution in [1.29, 1.82) is 0 Å². The largest absolute Gasteiger partial charge is 0.383 e. The summed E-state index contributed by atoms with van der Waals surface area (Å²) < 4.78 is 5.02. The predicted octanol–water partition coefficient (Wildman–Crippen LogP) is 2.16. The van der Waals surface area contributed by atoms with E-state index in [1.165, 1.54) is 38.5 Å². The number of hydrogen-bond acceptors (Lipinski definition) is 2. The van der Waals surface area contributed by atoms with Crippen LogP contribution in [-0.4, -0.2) is 39.3 Å². The fraction of sp³-hybridized carbons (Fsp3) is 0.929. The molecule has 106 valence electrons. The van der Waals surface area contributed by atoms with Gasteiger partial charge in [-0.25, -0.2) is 0 Å². The second-order valence-corrected chi connectivity index (χ2v) is 4.97. The summed E-state index contributed by atoms with van der Waals surface area (Å²) in [5.74, 6) is 1.89. The Balaban J connectivity index is 2.13. The monoisotopic (exact) mass is 255 g/mol. The SMILES string of the molecule is CCNC(=NCCCC1CCCC1)NCCOC. The summed E-state index contributed by atoms with van der Waals surface area (Å²) in [6.07, 6.45) is 8.32. The number of rotatable bonds is 8. The Morgan fingerprint density at radius 3 is 2.72 bits per heavy atom. The van der Waals surface area contributed by atoms with Crippen LogP contribution in [0.1, 0.15) is 45.4 Å². The van der Waals surface area contributed by atoms with Crippen molar-refractivity contribution in [1.82, 2.24) is 10.6 Å². The minimum absolute atomic E-state index is 0.715. The number of hydrogen-bond donors (Lipinski definition) is 2. The van der Waals surface area contributed by atoms with Gasteiger partial charge in [0.15, 0.2) is 5.96 Å². The van der Waals surface area contributed by atoms with E-state index >= 15 is 0 Å². The third-order valence-corrected chi connectivity index (χ3v) is 3.46. The van der Waals surface area contributed by atoms with Gasteiger partial charge in [0.25, 0.3) is 0 Å². The van der Waals surface area contributed by atoms with Crippen molar-refractivity contribution < 1.29 is 4.74 Å². The molecule has 1 fully saturated rings. The van der Waals surface area contributed by atoms with Crippen LogP contribution < -0.4 is 10.6 Å². The molecule has 0 aliphatic heterocycles. The van der Waals surface area contributed by atoms with E-state index in [2.05, 4.69) is 22.5 Å². The molecule has 0 heterocycles. The van der Waals surface area contributed by atoms with Gasteiger partial charge in [0, 0.05) is 26.7 Å². The molecule has 2 N–H and O–H groups in total. The molecule has 4 heteroatoms. The number of nitrogens with zero attached hydrogens (tertiary/aromatic N) is 1. The number of nitrogens with one attached hydrogen (secondary N) is 2. The molecule has 0 bridgehead atoms. The molecule has 0 aromatic heterocycles. The molecule has 1 saturated carbocycles. The second kappa shape index (κ2) is 10.2. The number of guanidine groups is 1. The summed E-state index contributed by atoms with van der Waals surface area (Å²) >= 11 is 0. The molecule has 0 unspecified atom stereocenters. The molecule has 0 spiro atoms. The molecular formula is C14H29N3O. The van der Waals surface area contributed by atoms with Crippen LogP contribution >= 0.6 is 0 Å². The highest BCUT2D eigenvalue weighted by Crippen LogP contribution is 2.28. The number of ether oxygens (including phenoxy) is 1. The Morgan fingerprint density at radius 2 is 2.06 bits per heavy atom. The van der Waals surface area contributed by atoms with Crippen LogP contribution in [0, 0.1) is 5.92 Å². The zero-order chi connectivity index (χ0) is 13.1. The van der Waals surface area contributed by atoms with Crippen LogP contribution in [0.15, 0.2) is 4.99 Å².